The lowest BCUT2D eigenvalue weighted by Crippen LogP contribution is -2.51. The number of rotatable bonds is 7. The number of aryl methyl sites for hydroxylation is 2. The molecule has 3 aromatic carbocycles. The Morgan fingerprint density at radius 2 is 1.72 bits per heavy atom. The van der Waals surface area contributed by atoms with E-state index in [-0.39, 0.29) is 11.8 Å². The van der Waals surface area contributed by atoms with Crippen LogP contribution in [0.2, 0.25) is 5.02 Å². The van der Waals surface area contributed by atoms with Crippen molar-refractivity contribution in [3.63, 3.8) is 0 Å². The molecule has 2 aromatic heterocycles. The Morgan fingerprint density at radius 3 is 2.34 bits per heavy atom. The van der Waals surface area contributed by atoms with Crippen molar-refractivity contribution in [1.82, 2.24) is 24.6 Å². The molecule has 10 nitrogen and oxygen atoms in total. The monoisotopic (exact) mass is 666 g/mol. The predicted molar refractivity (Wildman–Crippen MR) is 168 cm³/mol. The number of hydrogen-bond donors (Lipinski definition) is 3. The topological polar surface area (TPSA) is 145 Å². The van der Waals surface area contributed by atoms with Gasteiger partial charge in [0.2, 0.25) is 5.91 Å². The summed E-state index contributed by atoms with van der Waals surface area (Å²) in [5.74, 6) is -3.31. The number of fused-ring (bicyclic) bond motifs is 3. The third-order valence-electron chi connectivity index (χ3n) is 8.12. The van der Waals surface area contributed by atoms with Gasteiger partial charge in [0.1, 0.15) is 12.7 Å². The molecule has 4 N–H and O–H groups in total. The van der Waals surface area contributed by atoms with Crippen LogP contribution in [0.25, 0.3) is 16.6 Å². The second-order valence-corrected chi connectivity index (χ2v) is 11.6. The van der Waals surface area contributed by atoms with Gasteiger partial charge in [-0.3, -0.25) is 14.2 Å². The van der Waals surface area contributed by atoms with E-state index in [1.54, 1.807) is 29.4 Å². The number of nitrogens with zero attached hydrogens (tertiary/aromatic N) is 4. The summed E-state index contributed by atoms with van der Waals surface area (Å²) in [6.45, 7) is 2.62. The summed E-state index contributed by atoms with van der Waals surface area (Å²) >= 11 is 6.63. The summed E-state index contributed by atoms with van der Waals surface area (Å²) in [7, 11) is 0. The Labute approximate surface area is 272 Å². The van der Waals surface area contributed by atoms with E-state index in [2.05, 4.69) is 57.3 Å². The second kappa shape index (κ2) is 13.3. The number of aliphatic carboxylic acids is 1. The predicted octanol–water partition coefficient (Wildman–Crippen LogP) is 5.51. The minimum absolute atomic E-state index is 0.242. The number of carbonyl (C=O) groups is 3. The summed E-state index contributed by atoms with van der Waals surface area (Å²) in [4.78, 5) is 34.4. The Bertz CT molecular complexity index is 1940. The first kappa shape index (κ1) is 33.2. The molecule has 0 bridgehead atoms. The summed E-state index contributed by atoms with van der Waals surface area (Å²) in [6.07, 6.45) is 0.391. The minimum atomic E-state index is -5.08. The average molecular weight is 667 g/mol. The van der Waals surface area contributed by atoms with Gasteiger partial charge in [-0.15, -0.1) is 10.2 Å². The van der Waals surface area contributed by atoms with E-state index in [9.17, 15) is 22.8 Å². The van der Waals surface area contributed by atoms with E-state index >= 15 is 0 Å². The fourth-order valence-electron chi connectivity index (χ4n) is 5.90. The lowest BCUT2D eigenvalue weighted by molar-refractivity contribution is -0.192. The molecule has 14 heteroatoms. The van der Waals surface area contributed by atoms with Gasteiger partial charge in [-0.25, -0.2) is 4.79 Å². The summed E-state index contributed by atoms with van der Waals surface area (Å²) in [6, 6.07) is 21.8. The summed E-state index contributed by atoms with van der Waals surface area (Å²) < 4.78 is 35.8. The molecular weight excluding hydrogens is 637 g/mol. The van der Waals surface area contributed by atoms with Crippen molar-refractivity contribution in [2.75, 3.05) is 0 Å². The quantitative estimate of drug-likeness (QED) is 0.209. The number of carboxylic acids is 1. The van der Waals surface area contributed by atoms with Crippen LogP contribution in [0.1, 0.15) is 45.6 Å². The smallest absolute Gasteiger partial charge is 0.475 e. The van der Waals surface area contributed by atoms with Crippen molar-refractivity contribution in [1.29, 1.82) is 0 Å². The Morgan fingerprint density at radius 1 is 1.04 bits per heavy atom. The van der Waals surface area contributed by atoms with Crippen LogP contribution in [0.4, 0.5) is 13.2 Å². The van der Waals surface area contributed by atoms with Gasteiger partial charge in [0.15, 0.2) is 0 Å². The standard InChI is InChI=1S/C31H29ClN6O2.C2HF3O2/c1-20-7-11-27-25(15-20)23(10-12-29(33)39)28-13-14-31(17-38(27)28,21-5-3-2-4-6-21)36-30(40)24-9-8-22(16-26(24)32)37-18-34-35-19-37;3-2(4,5)1(6)7/h2-9,11,15-16,18-19H,10,12-14,17H2,1H3,(H2,33,39)(H,36,40);(H,6,7)/t31-;/m1./s1. The maximum Gasteiger partial charge on any atom is 0.490 e. The molecule has 6 rings (SSSR count). The van der Waals surface area contributed by atoms with Crippen LogP contribution in [0.15, 0.2) is 79.4 Å². The molecule has 0 spiro atoms. The third-order valence-corrected chi connectivity index (χ3v) is 8.43. The number of aromatic nitrogens is 4. The van der Waals surface area contributed by atoms with E-state index in [4.69, 9.17) is 27.2 Å². The van der Waals surface area contributed by atoms with Gasteiger partial charge in [0, 0.05) is 28.7 Å². The van der Waals surface area contributed by atoms with Crippen molar-refractivity contribution in [2.45, 2.75) is 50.9 Å². The van der Waals surface area contributed by atoms with Crippen molar-refractivity contribution < 1.29 is 32.7 Å². The summed E-state index contributed by atoms with van der Waals surface area (Å²) in [5, 5.41) is 19.7. The van der Waals surface area contributed by atoms with Crippen molar-refractivity contribution in [3.05, 3.63) is 112 Å². The molecule has 0 unspecified atom stereocenters. The zero-order valence-electron chi connectivity index (χ0n) is 25.1. The number of alkyl halides is 3. The van der Waals surface area contributed by atoms with E-state index in [1.807, 2.05) is 24.3 Å². The van der Waals surface area contributed by atoms with Crippen LogP contribution in [0.5, 0.6) is 0 Å². The maximum atomic E-state index is 13.8. The van der Waals surface area contributed by atoms with Gasteiger partial charge in [-0.1, -0.05) is 53.6 Å². The number of halogens is 4. The normalized spacial score (nSPS) is 15.8. The molecular formula is C33H30ClF3N6O4. The highest BCUT2D eigenvalue weighted by molar-refractivity contribution is 6.34. The molecule has 0 aliphatic carbocycles. The molecule has 1 atom stereocenters. The second-order valence-electron chi connectivity index (χ2n) is 11.2. The molecule has 5 aromatic rings. The number of nitrogens with two attached hydrogens (primary N) is 1. The van der Waals surface area contributed by atoms with Gasteiger partial charge in [-0.05, 0) is 67.6 Å². The largest absolute Gasteiger partial charge is 0.490 e. The summed E-state index contributed by atoms with van der Waals surface area (Å²) in [5.41, 5.74) is 11.7. The first-order valence-corrected chi connectivity index (χ1v) is 14.9. The van der Waals surface area contributed by atoms with Crippen LogP contribution in [0, 0.1) is 6.92 Å². The van der Waals surface area contributed by atoms with E-state index in [1.165, 1.54) is 5.69 Å². The minimum Gasteiger partial charge on any atom is -0.475 e. The van der Waals surface area contributed by atoms with Gasteiger partial charge in [0.25, 0.3) is 5.91 Å². The zero-order valence-corrected chi connectivity index (χ0v) is 25.8. The van der Waals surface area contributed by atoms with Crippen molar-refractivity contribution in [2.24, 2.45) is 5.73 Å². The highest BCUT2D eigenvalue weighted by atomic mass is 35.5. The lowest BCUT2D eigenvalue weighted by Gasteiger charge is -2.40. The average Bonchev–Trinajstić information content (AvgIpc) is 3.66. The van der Waals surface area contributed by atoms with E-state index < -0.39 is 17.7 Å². The number of primary amides is 1. The van der Waals surface area contributed by atoms with Crippen molar-refractivity contribution >= 4 is 40.3 Å². The first-order chi connectivity index (χ1) is 22.3. The number of amides is 2. The molecule has 0 saturated carbocycles. The Balaban J connectivity index is 0.000000559. The highest BCUT2D eigenvalue weighted by Crippen LogP contribution is 2.40. The highest BCUT2D eigenvalue weighted by Gasteiger charge is 2.40. The third kappa shape index (κ3) is 7.14. The zero-order chi connectivity index (χ0) is 33.9. The van der Waals surface area contributed by atoms with E-state index in [0.717, 1.165) is 39.7 Å². The maximum absolute atomic E-state index is 13.8. The number of carboxylic acid groups (broad SMARTS) is 1. The van der Waals surface area contributed by atoms with Crippen LogP contribution < -0.4 is 11.1 Å². The van der Waals surface area contributed by atoms with Gasteiger partial charge in [-0.2, -0.15) is 13.2 Å². The molecule has 0 saturated heterocycles. The fourth-order valence-corrected chi connectivity index (χ4v) is 6.16. The van der Waals surface area contributed by atoms with Crippen LogP contribution in [-0.2, 0) is 34.5 Å². The van der Waals surface area contributed by atoms with Crippen LogP contribution in [0.3, 0.4) is 0 Å². The molecule has 1 aliphatic rings. The fraction of sp³-hybridized carbons (Fsp3) is 0.242. The van der Waals surface area contributed by atoms with E-state index in [0.29, 0.717) is 36.4 Å². The molecule has 2 amide bonds. The van der Waals surface area contributed by atoms with Crippen molar-refractivity contribution in [3.8, 4) is 5.69 Å². The molecule has 47 heavy (non-hydrogen) atoms. The number of carbonyl (C=O) groups excluding carboxylic acids is 2. The molecule has 0 radical (unpaired) electrons. The van der Waals surface area contributed by atoms with Crippen LogP contribution in [-0.4, -0.2) is 48.4 Å². The first-order valence-electron chi connectivity index (χ1n) is 14.5. The van der Waals surface area contributed by atoms with Crippen LogP contribution >= 0.6 is 11.6 Å². The number of hydrogen-bond acceptors (Lipinski definition) is 5. The lowest BCUT2D eigenvalue weighted by atomic mass is 9.81. The Kier molecular flexibility index (Phi) is 9.38. The molecule has 1 aliphatic heterocycles. The van der Waals surface area contributed by atoms with Gasteiger partial charge in [0.05, 0.1) is 22.7 Å². The van der Waals surface area contributed by atoms with Gasteiger partial charge >= 0.3 is 12.1 Å². The number of benzene rings is 3. The number of nitrogens with one attached hydrogen (secondary N) is 1. The Hall–Kier alpha value is -5.17. The molecule has 3 heterocycles. The SMILES string of the molecule is Cc1ccc2c(c1)c(CCC(N)=O)c1n2C[C@@](NC(=O)c2ccc(-n3cnnc3)cc2Cl)(c2ccccc2)CC1.O=C(O)C(F)(F)F. The molecule has 0 fully saturated rings. The van der Waals surface area contributed by atoms with Gasteiger partial charge < -0.3 is 20.7 Å². The molecule has 244 valence electrons.